The predicted octanol–water partition coefficient (Wildman–Crippen LogP) is 3.90. The molecule has 1 aliphatic carbocycles. The number of nitrogens with one attached hydrogen (secondary N) is 2. The molecule has 1 aromatic rings. The van der Waals surface area contributed by atoms with E-state index in [0.29, 0.717) is 18.0 Å². The fourth-order valence-electron chi connectivity index (χ4n) is 3.97. The number of methoxy groups -OCH3 is 2. The van der Waals surface area contributed by atoms with Crippen molar-refractivity contribution in [3.63, 3.8) is 0 Å². The summed E-state index contributed by atoms with van der Waals surface area (Å²) in [6.07, 6.45) is 5.28. The van der Waals surface area contributed by atoms with Gasteiger partial charge in [-0.3, -0.25) is 4.99 Å². The maximum Gasteiger partial charge on any atom is 0.191 e. The molecule has 1 atom stereocenters. The summed E-state index contributed by atoms with van der Waals surface area (Å²) in [7, 11) is 3.20. The summed E-state index contributed by atoms with van der Waals surface area (Å²) in [6.45, 7) is 7.52. The normalized spacial score (nSPS) is 16.4. The Morgan fingerprint density at radius 1 is 1.10 bits per heavy atom. The van der Waals surface area contributed by atoms with Crippen LogP contribution in [0.25, 0.3) is 0 Å². The minimum Gasteiger partial charge on any atom is -0.497 e. The summed E-state index contributed by atoms with van der Waals surface area (Å²) >= 11 is 0. The van der Waals surface area contributed by atoms with Gasteiger partial charge in [0.2, 0.25) is 0 Å². The topological polar surface area (TPSA) is 84.3 Å². The molecule has 178 valence electrons. The number of halogens is 1. The van der Waals surface area contributed by atoms with E-state index in [2.05, 4.69) is 10.6 Å². The van der Waals surface area contributed by atoms with Crippen molar-refractivity contribution in [2.45, 2.75) is 52.1 Å². The molecule has 0 bridgehead atoms. The van der Waals surface area contributed by atoms with Crippen LogP contribution in [0.5, 0.6) is 11.5 Å². The molecule has 7 nitrogen and oxygen atoms in total. The van der Waals surface area contributed by atoms with Crippen molar-refractivity contribution in [1.82, 2.24) is 10.6 Å². The van der Waals surface area contributed by atoms with E-state index in [-0.39, 0.29) is 29.4 Å². The van der Waals surface area contributed by atoms with Gasteiger partial charge in [0.15, 0.2) is 5.96 Å². The number of hydrogen-bond donors (Lipinski definition) is 3. The minimum atomic E-state index is -0.712. The number of guanidine groups is 1. The van der Waals surface area contributed by atoms with Gasteiger partial charge in [-0.2, -0.15) is 0 Å². The fraction of sp³-hybridized carbons (Fsp3) is 0.696. The molecule has 0 spiro atoms. The molecule has 0 aromatic heterocycles. The lowest BCUT2D eigenvalue weighted by molar-refractivity contribution is 0.107. The molecule has 31 heavy (non-hydrogen) atoms. The Kier molecular flexibility index (Phi) is 13.2. The number of benzene rings is 1. The molecule has 0 saturated heterocycles. The van der Waals surface area contributed by atoms with Gasteiger partial charge in [0, 0.05) is 38.9 Å². The zero-order chi connectivity index (χ0) is 21.8. The van der Waals surface area contributed by atoms with Crippen LogP contribution in [-0.2, 0) is 4.74 Å². The van der Waals surface area contributed by atoms with E-state index in [9.17, 15) is 5.11 Å². The molecule has 1 unspecified atom stereocenters. The molecule has 8 heteroatoms. The summed E-state index contributed by atoms with van der Waals surface area (Å²) in [6, 6.07) is 5.43. The highest BCUT2D eigenvalue weighted by atomic mass is 127. The molecule has 1 saturated carbocycles. The highest BCUT2D eigenvalue weighted by Crippen LogP contribution is 2.41. The number of aliphatic hydroxyl groups is 1. The van der Waals surface area contributed by atoms with Gasteiger partial charge < -0.3 is 30.0 Å². The maximum absolute atomic E-state index is 10.7. The molecule has 0 amide bonds. The first-order valence-electron chi connectivity index (χ1n) is 11.1. The number of ether oxygens (including phenoxy) is 3. The van der Waals surface area contributed by atoms with Gasteiger partial charge in [-0.1, -0.05) is 12.8 Å². The Morgan fingerprint density at radius 3 is 2.29 bits per heavy atom. The van der Waals surface area contributed by atoms with Crippen LogP contribution in [0.2, 0.25) is 0 Å². The summed E-state index contributed by atoms with van der Waals surface area (Å²) in [5.74, 6) is 2.04. The quantitative estimate of drug-likeness (QED) is 0.159. The first kappa shape index (κ1) is 27.8. The lowest BCUT2D eigenvalue weighted by Crippen LogP contribution is -2.40. The minimum absolute atomic E-state index is 0. The molecule has 1 aromatic carbocycles. The highest BCUT2D eigenvalue weighted by Gasteiger charge is 2.33. The number of nitrogens with zero attached hydrogens (tertiary/aromatic N) is 1. The third-order valence-corrected chi connectivity index (χ3v) is 5.78. The first-order valence-corrected chi connectivity index (χ1v) is 11.1. The second-order valence-electron chi connectivity index (χ2n) is 7.89. The number of aliphatic imine (C=N–C) groups is 1. The second-order valence-corrected chi connectivity index (χ2v) is 7.89. The Morgan fingerprint density at radius 2 is 1.74 bits per heavy atom. The molecular weight excluding hydrogens is 509 g/mol. The van der Waals surface area contributed by atoms with E-state index in [0.717, 1.165) is 44.2 Å². The molecule has 0 aliphatic heterocycles. The highest BCUT2D eigenvalue weighted by molar-refractivity contribution is 14.0. The summed E-state index contributed by atoms with van der Waals surface area (Å²) in [5, 5.41) is 17.2. The van der Waals surface area contributed by atoms with E-state index in [1.807, 2.05) is 26.0 Å². The van der Waals surface area contributed by atoms with E-state index >= 15 is 0 Å². The monoisotopic (exact) mass is 549 g/mol. The fourth-order valence-corrected chi connectivity index (χ4v) is 3.97. The van der Waals surface area contributed by atoms with Crippen molar-refractivity contribution in [2.24, 2.45) is 10.4 Å². The van der Waals surface area contributed by atoms with Gasteiger partial charge in [0.05, 0.1) is 20.3 Å². The average molecular weight is 549 g/mol. The molecule has 2 rings (SSSR count). The van der Waals surface area contributed by atoms with Gasteiger partial charge in [-0.05, 0) is 56.2 Å². The lowest BCUT2D eigenvalue weighted by atomic mass is 9.83. The van der Waals surface area contributed by atoms with Gasteiger partial charge in [-0.25, -0.2) is 0 Å². The van der Waals surface area contributed by atoms with E-state index in [4.69, 9.17) is 19.2 Å². The van der Waals surface area contributed by atoms with Gasteiger partial charge in [0.25, 0.3) is 0 Å². The lowest BCUT2D eigenvalue weighted by Gasteiger charge is -2.27. The van der Waals surface area contributed by atoms with Crippen molar-refractivity contribution >= 4 is 29.9 Å². The second kappa shape index (κ2) is 14.7. The Bertz CT molecular complexity index is 644. The summed E-state index contributed by atoms with van der Waals surface area (Å²) in [5.41, 5.74) is 0.967. The zero-order valence-corrected chi connectivity index (χ0v) is 21.7. The van der Waals surface area contributed by atoms with Crippen molar-refractivity contribution in [3.8, 4) is 11.5 Å². The van der Waals surface area contributed by atoms with Crippen molar-refractivity contribution in [3.05, 3.63) is 23.8 Å². The zero-order valence-electron chi connectivity index (χ0n) is 19.4. The number of rotatable bonds is 12. The Balaban J connectivity index is 0.00000480. The third kappa shape index (κ3) is 9.02. The first-order chi connectivity index (χ1) is 14.6. The van der Waals surface area contributed by atoms with E-state index in [1.165, 1.54) is 25.7 Å². The van der Waals surface area contributed by atoms with Gasteiger partial charge in [0.1, 0.15) is 11.5 Å². The average Bonchev–Trinajstić information content (AvgIpc) is 3.24. The van der Waals surface area contributed by atoms with Gasteiger partial charge in [-0.15, -0.1) is 24.0 Å². The van der Waals surface area contributed by atoms with Crippen molar-refractivity contribution in [2.75, 3.05) is 47.1 Å². The SMILES string of the molecule is CCNC(=NCC1(CCOCC)CCCC1)NCC(O)c1cc(OC)cc(OC)c1.I. The summed E-state index contributed by atoms with van der Waals surface area (Å²) < 4.78 is 16.2. The standard InChI is InChI=1S/C23H39N3O4.HI/c1-5-24-22(26-17-23(9-7-8-10-23)11-12-30-6-2)25-16-21(27)18-13-19(28-3)15-20(14-18)29-4;/h13-15,21,27H,5-12,16-17H2,1-4H3,(H2,24,25,26);1H. The molecule has 0 heterocycles. The number of hydrogen-bond acceptors (Lipinski definition) is 5. The van der Waals surface area contributed by atoms with Crippen LogP contribution in [0.4, 0.5) is 0 Å². The molecule has 1 aliphatic rings. The maximum atomic E-state index is 10.7. The molecular formula is C23H40IN3O4. The smallest absolute Gasteiger partial charge is 0.191 e. The largest absolute Gasteiger partial charge is 0.497 e. The number of aliphatic hydroxyl groups excluding tert-OH is 1. The van der Waals surface area contributed by atoms with Gasteiger partial charge >= 0.3 is 0 Å². The molecule has 1 fully saturated rings. The summed E-state index contributed by atoms with van der Waals surface area (Å²) in [4.78, 5) is 4.86. The van der Waals surface area contributed by atoms with Crippen molar-refractivity contribution < 1.29 is 19.3 Å². The van der Waals surface area contributed by atoms with Crippen LogP contribution < -0.4 is 20.1 Å². The van der Waals surface area contributed by atoms with Crippen LogP contribution in [0.15, 0.2) is 23.2 Å². The van der Waals surface area contributed by atoms with E-state index in [1.54, 1.807) is 20.3 Å². The van der Waals surface area contributed by atoms with E-state index < -0.39 is 6.10 Å². The van der Waals surface area contributed by atoms with Crippen molar-refractivity contribution in [1.29, 1.82) is 0 Å². The van der Waals surface area contributed by atoms with Crippen LogP contribution in [-0.4, -0.2) is 58.1 Å². The van der Waals surface area contributed by atoms with Crippen LogP contribution in [0.3, 0.4) is 0 Å². The molecule has 0 radical (unpaired) electrons. The Labute approximate surface area is 204 Å². The molecule has 3 N–H and O–H groups in total. The van der Waals surface area contributed by atoms with Crippen LogP contribution in [0.1, 0.15) is 57.6 Å². The predicted molar refractivity (Wildman–Crippen MR) is 136 cm³/mol. The van der Waals surface area contributed by atoms with Crippen LogP contribution >= 0.6 is 24.0 Å². The third-order valence-electron chi connectivity index (χ3n) is 5.78. The Hall–Kier alpha value is -1.26. The van der Waals surface area contributed by atoms with Crippen LogP contribution in [0, 0.1) is 5.41 Å².